The zero-order valence-electron chi connectivity index (χ0n) is 6.04. The lowest BCUT2D eigenvalue weighted by molar-refractivity contribution is 0.501. The third-order valence-electron chi connectivity index (χ3n) is 1.45. The second-order valence-corrected chi connectivity index (χ2v) is 2.19. The van der Waals surface area contributed by atoms with E-state index in [0.717, 1.165) is 0 Å². The first-order chi connectivity index (χ1) is 5.90. The molecule has 0 unspecified atom stereocenters. The van der Waals surface area contributed by atoms with Crippen molar-refractivity contribution in [2.75, 3.05) is 0 Å². The molecule has 2 rings (SSSR count). The fourth-order valence-electron chi connectivity index (χ4n) is 0.975. The molecule has 0 amide bonds. The molecule has 6 heteroatoms. The smallest absolute Gasteiger partial charge is 0.520 e. The molecule has 0 spiro atoms. The summed E-state index contributed by atoms with van der Waals surface area (Å²) in [4.78, 5) is 2.58. The topological polar surface area (TPSA) is 67.2 Å². The van der Waals surface area contributed by atoms with Gasteiger partial charge in [0.15, 0.2) is 0 Å². The van der Waals surface area contributed by atoms with Crippen molar-refractivity contribution in [1.82, 2.24) is 0 Å². The van der Waals surface area contributed by atoms with Gasteiger partial charge in [-0.05, 0) is 22.7 Å². The summed E-state index contributed by atoms with van der Waals surface area (Å²) in [5.74, 6) is 1.21. The van der Waals surface area contributed by atoms with Gasteiger partial charge in [-0.3, -0.25) is 0 Å². The molecular weight excluding hydrogens is 157 g/mol. The average molecular weight is 161 g/mol. The molecule has 0 bridgehead atoms. The third kappa shape index (κ3) is 1.04. The van der Waals surface area contributed by atoms with Gasteiger partial charge in [0.2, 0.25) is 0 Å². The molecule has 0 aromatic heterocycles. The summed E-state index contributed by atoms with van der Waals surface area (Å²) in [6.07, 6.45) is 0. The number of azide groups is 1. The quantitative estimate of drug-likeness (QED) is 0.272. The van der Waals surface area contributed by atoms with Crippen LogP contribution in [0.1, 0.15) is 0 Å². The zero-order chi connectivity index (χ0) is 8.39. The van der Waals surface area contributed by atoms with Gasteiger partial charge >= 0.3 is 7.25 Å². The van der Waals surface area contributed by atoms with Crippen molar-refractivity contribution < 1.29 is 9.31 Å². The number of hydrogen-bond acceptors (Lipinski definition) is 3. The van der Waals surface area contributed by atoms with E-state index >= 15 is 0 Å². The summed E-state index contributed by atoms with van der Waals surface area (Å²) in [7, 11) is -0.854. The maximum atomic E-state index is 8.10. The van der Waals surface area contributed by atoms with Crippen LogP contribution in [-0.2, 0) is 0 Å². The zero-order valence-corrected chi connectivity index (χ0v) is 6.04. The van der Waals surface area contributed by atoms with Crippen LogP contribution in [0.5, 0.6) is 11.5 Å². The van der Waals surface area contributed by atoms with Gasteiger partial charge in [0.05, 0.1) is 0 Å². The molecule has 58 valence electrons. The monoisotopic (exact) mass is 161 g/mol. The Bertz CT molecular complexity index is 325. The van der Waals surface area contributed by atoms with Crippen molar-refractivity contribution in [3.63, 3.8) is 0 Å². The number of para-hydroxylation sites is 2. The Balaban J connectivity index is 2.27. The first-order valence-electron chi connectivity index (χ1n) is 3.37. The maximum absolute atomic E-state index is 8.10. The molecule has 0 aliphatic carbocycles. The molecule has 0 saturated heterocycles. The summed E-state index contributed by atoms with van der Waals surface area (Å²) in [5.41, 5.74) is 8.10. The molecular formula is C6H4BN3O2. The van der Waals surface area contributed by atoms with Crippen LogP contribution in [0, 0.1) is 0 Å². The average Bonchev–Trinajstić information content (AvgIpc) is 2.47. The summed E-state index contributed by atoms with van der Waals surface area (Å²) < 4.78 is 10.2. The highest BCUT2D eigenvalue weighted by molar-refractivity contribution is 6.45. The minimum Gasteiger partial charge on any atom is -0.520 e. The van der Waals surface area contributed by atoms with E-state index in [0.29, 0.717) is 11.5 Å². The number of hydrogen-bond donors (Lipinski definition) is 0. The van der Waals surface area contributed by atoms with Crippen molar-refractivity contribution in [2.24, 2.45) is 5.03 Å². The summed E-state index contributed by atoms with van der Waals surface area (Å²) >= 11 is 0. The van der Waals surface area contributed by atoms with E-state index in [1.165, 1.54) is 0 Å². The maximum Gasteiger partial charge on any atom is 0.684 e. The van der Waals surface area contributed by atoms with Crippen LogP contribution in [0.25, 0.3) is 10.4 Å². The summed E-state index contributed by atoms with van der Waals surface area (Å²) in [5, 5.41) is 3.27. The van der Waals surface area contributed by atoms with Gasteiger partial charge in [0, 0.05) is 4.91 Å². The highest BCUT2D eigenvalue weighted by Crippen LogP contribution is 2.32. The predicted octanol–water partition coefficient (Wildman–Crippen LogP) is 1.75. The lowest BCUT2D eigenvalue weighted by atomic mass is 10.2. The molecule has 12 heavy (non-hydrogen) atoms. The molecule has 0 atom stereocenters. The first-order valence-corrected chi connectivity index (χ1v) is 3.37. The van der Waals surface area contributed by atoms with E-state index in [-0.39, 0.29) is 0 Å². The summed E-state index contributed by atoms with van der Waals surface area (Å²) in [6, 6.07) is 7.14. The van der Waals surface area contributed by atoms with Crippen LogP contribution in [-0.4, -0.2) is 7.25 Å². The Labute approximate surface area is 68.7 Å². The van der Waals surface area contributed by atoms with Gasteiger partial charge in [-0.1, -0.05) is 12.1 Å². The van der Waals surface area contributed by atoms with Gasteiger partial charge < -0.3 is 9.31 Å². The van der Waals surface area contributed by atoms with Crippen LogP contribution in [0.2, 0.25) is 0 Å². The number of fused-ring (bicyclic) bond motifs is 1. The van der Waals surface area contributed by atoms with Crippen molar-refractivity contribution in [2.45, 2.75) is 0 Å². The molecule has 1 aliphatic heterocycles. The van der Waals surface area contributed by atoms with Gasteiger partial charge in [-0.25, -0.2) is 0 Å². The molecule has 0 saturated carbocycles. The number of rotatable bonds is 1. The molecule has 5 nitrogen and oxygen atoms in total. The minimum atomic E-state index is -0.854. The Morgan fingerprint density at radius 3 is 2.33 bits per heavy atom. The van der Waals surface area contributed by atoms with E-state index in [4.69, 9.17) is 14.8 Å². The Morgan fingerprint density at radius 1 is 1.25 bits per heavy atom. The predicted molar refractivity (Wildman–Crippen MR) is 42.6 cm³/mol. The van der Waals surface area contributed by atoms with Crippen molar-refractivity contribution in [1.29, 1.82) is 0 Å². The van der Waals surface area contributed by atoms with Gasteiger partial charge in [-0.2, -0.15) is 0 Å². The second kappa shape index (κ2) is 2.67. The fourth-order valence-corrected chi connectivity index (χ4v) is 0.975. The van der Waals surface area contributed by atoms with E-state index < -0.39 is 7.25 Å². The SMILES string of the molecule is [N-]=[N+]=NB1Oc2ccccc2O1. The van der Waals surface area contributed by atoms with Crippen molar-refractivity contribution in [3.8, 4) is 11.5 Å². The Hall–Kier alpha value is -1.81. The van der Waals surface area contributed by atoms with Gasteiger partial charge in [0.25, 0.3) is 0 Å². The third-order valence-corrected chi connectivity index (χ3v) is 1.45. The van der Waals surface area contributed by atoms with E-state index in [9.17, 15) is 0 Å². The molecule has 0 radical (unpaired) electrons. The molecule has 0 fully saturated rings. The minimum absolute atomic E-state index is 0.606. The van der Waals surface area contributed by atoms with Crippen LogP contribution in [0.4, 0.5) is 0 Å². The lowest BCUT2D eigenvalue weighted by Crippen LogP contribution is -2.20. The number of nitrogens with zero attached hydrogens (tertiary/aromatic N) is 3. The fraction of sp³-hybridized carbons (Fsp3) is 0. The van der Waals surface area contributed by atoms with Crippen molar-refractivity contribution in [3.05, 3.63) is 34.7 Å². The largest absolute Gasteiger partial charge is 0.684 e. The standard InChI is InChI=1S/C6H4BN3O2/c8-10-9-7-11-5-3-1-2-4-6(5)12-7/h1-4H. The lowest BCUT2D eigenvalue weighted by Gasteiger charge is -1.93. The van der Waals surface area contributed by atoms with Gasteiger partial charge in [-0.15, -0.1) is 0 Å². The molecule has 1 aromatic rings. The molecule has 1 aliphatic rings. The molecule has 1 heterocycles. The van der Waals surface area contributed by atoms with Gasteiger partial charge in [0.1, 0.15) is 11.5 Å². The summed E-state index contributed by atoms with van der Waals surface area (Å²) in [6.45, 7) is 0. The Morgan fingerprint density at radius 2 is 1.83 bits per heavy atom. The Kier molecular flexibility index (Phi) is 1.53. The van der Waals surface area contributed by atoms with E-state index in [2.05, 4.69) is 9.94 Å². The normalized spacial score (nSPS) is 12.5. The first kappa shape index (κ1) is 6.88. The van der Waals surface area contributed by atoms with E-state index in [1.807, 2.05) is 12.1 Å². The molecule has 0 N–H and O–H groups in total. The van der Waals surface area contributed by atoms with Crippen LogP contribution < -0.4 is 9.31 Å². The van der Waals surface area contributed by atoms with Crippen LogP contribution in [0.3, 0.4) is 0 Å². The van der Waals surface area contributed by atoms with E-state index in [1.54, 1.807) is 12.1 Å². The number of benzene rings is 1. The highest BCUT2D eigenvalue weighted by atomic mass is 16.6. The highest BCUT2D eigenvalue weighted by Gasteiger charge is 2.29. The van der Waals surface area contributed by atoms with Crippen LogP contribution in [0.15, 0.2) is 29.3 Å². The van der Waals surface area contributed by atoms with Crippen molar-refractivity contribution >= 4 is 7.25 Å². The van der Waals surface area contributed by atoms with Crippen LogP contribution >= 0.6 is 0 Å². The second-order valence-electron chi connectivity index (χ2n) is 2.19. The molecule has 1 aromatic carbocycles.